The fraction of sp³-hybridized carbons (Fsp3) is 0.688. The number of hydrogen-bond donors (Lipinski definition) is 1. The van der Waals surface area contributed by atoms with Crippen molar-refractivity contribution in [3.63, 3.8) is 0 Å². The summed E-state index contributed by atoms with van der Waals surface area (Å²) in [6.07, 6.45) is 0.846. The van der Waals surface area contributed by atoms with Crippen LogP contribution in [0.3, 0.4) is 0 Å². The second kappa shape index (κ2) is 7.08. The Bertz CT molecular complexity index is 486. The molecule has 122 valence electrons. The molecule has 22 heavy (non-hydrogen) atoms. The van der Waals surface area contributed by atoms with E-state index in [0.717, 1.165) is 39.1 Å². The second-order valence-corrected chi connectivity index (χ2v) is 7.25. The minimum atomic E-state index is -0.409. The van der Waals surface area contributed by atoms with Gasteiger partial charge in [-0.15, -0.1) is 11.3 Å². The lowest BCUT2D eigenvalue weighted by Gasteiger charge is -2.39. The monoisotopic (exact) mass is 324 g/mol. The maximum atomic E-state index is 11.7. The Hall–Kier alpha value is -0.950. The van der Waals surface area contributed by atoms with Crippen molar-refractivity contribution >= 4 is 17.3 Å². The first-order valence-electron chi connectivity index (χ1n) is 7.92. The van der Waals surface area contributed by atoms with Gasteiger partial charge in [-0.3, -0.25) is 14.6 Å². The number of thiophene rings is 1. The average molecular weight is 324 g/mol. The summed E-state index contributed by atoms with van der Waals surface area (Å²) in [6.45, 7) is 4.97. The number of hydrogen-bond acceptors (Lipinski definition) is 6. The Balaban J connectivity index is 1.50. The summed E-state index contributed by atoms with van der Waals surface area (Å²) in [7, 11) is 1.42. The molecule has 0 spiro atoms. The number of esters is 1. The van der Waals surface area contributed by atoms with Crippen molar-refractivity contribution in [2.45, 2.75) is 31.5 Å². The maximum absolute atomic E-state index is 11.7. The average Bonchev–Trinajstić information content (AvgIpc) is 3.17. The molecule has 1 saturated carbocycles. The minimum absolute atomic E-state index is 0.105. The SMILES string of the molecule is COC(=O)C1CC(O)C(N2CCN(Cc3cccs3)CC2)C1. The van der Waals surface area contributed by atoms with Crippen LogP contribution in [0.5, 0.6) is 0 Å². The third kappa shape index (κ3) is 3.51. The molecule has 1 aromatic rings. The molecule has 3 atom stereocenters. The van der Waals surface area contributed by atoms with Crippen molar-refractivity contribution in [2.75, 3.05) is 33.3 Å². The van der Waals surface area contributed by atoms with Crippen LogP contribution in [0.25, 0.3) is 0 Å². The summed E-state index contributed by atoms with van der Waals surface area (Å²) in [4.78, 5) is 17.9. The highest BCUT2D eigenvalue weighted by Gasteiger charge is 2.41. The number of piperazine rings is 1. The van der Waals surface area contributed by atoms with Gasteiger partial charge in [0, 0.05) is 43.6 Å². The Morgan fingerprint density at radius 3 is 2.77 bits per heavy atom. The molecule has 6 heteroatoms. The fourth-order valence-electron chi connectivity index (χ4n) is 3.62. The smallest absolute Gasteiger partial charge is 0.308 e. The molecule has 2 heterocycles. The summed E-state index contributed by atoms with van der Waals surface area (Å²) in [5.74, 6) is -0.327. The molecule has 3 unspecified atom stereocenters. The number of aliphatic hydroxyl groups is 1. The molecule has 2 aliphatic rings. The lowest BCUT2D eigenvalue weighted by atomic mass is 10.1. The van der Waals surface area contributed by atoms with E-state index in [1.807, 2.05) is 0 Å². The lowest BCUT2D eigenvalue weighted by Crippen LogP contribution is -2.52. The molecule has 1 aliphatic carbocycles. The van der Waals surface area contributed by atoms with Crippen LogP contribution in [0.15, 0.2) is 17.5 Å². The normalized spacial score (nSPS) is 30.5. The molecular formula is C16H24N2O3S. The third-order valence-electron chi connectivity index (χ3n) is 4.87. The van der Waals surface area contributed by atoms with Crippen molar-refractivity contribution in [1.29, 1.82) is 0 Å². The molecule has 0 radical (unpaired) electrons. The number of carbonyl (C=O) groups excluding carboxylic acids is 1. The van der Waals surface area contributed by atoms with Crippen molar-refractivity contribution < 1.29 is 14.6 Å². The van der Waals surface area contributed by atoms with Gasteiger partial charge in [0.2, 0.25) is 0 Å². The number of methoxy groups -OCH3 is 1. The lowest BCUT2D eigenvalue weighted by molar-refractivity contribution is -0.145. The zero-order chi connectivity index (χ0) is 15.5. The largest absolute Gasteiger partial charge is 0.469 e. The molecule has 1 aliphatic heterocycles. The molecule has 0 aromatic carbocycles. The van der Waals surface area contributed by atoms with Gasteiger partial charge in [-0.25, -0.2) is 0 Å². The van der Waals surface area contributed by atoms with Crippen molar-refractivity contribution in [3.05, 3.63) is 22.4 Å². The van der Waals surface area contributed by atoms with Gasteiger partial charge in [-0.2, -0.15) is 0 Å². The third-order valence-corrected chi connectivity index (χ3v) is 5.73. The number of carbonyl (C=O) groups is 1. The first kappa shape index (κ1) is 15.9. The van der Waals surface area contributed by atoms with Crippen molar-refractivity contribution in [2.24, 2.45) is 5.92 Å². The topological polar surface area (TPSA) is 53.0 Å². The fourth-order valence-corrected chi connectivity index (χ4v) is 4.37. The summed E-state index contributed by atoms with van der Waals surface area (Å²) in [5, 5.41) is 12.4. The van der Waals surface area contributed by atoms with E-state index in [-0.39, 0.29) is 17.9 Å². The van der Waals surface area contributed by atoms with Crippen LogP contribution in [0.4, 0.5) is 0 Å². The number of ether oxygens (including phenoxy) is 1. The molecular weight excluding hydrogens is 300 g/mol. The number of rotatable bonds is 4. The van der Waals surface area contributed by atoms with Gasteiger partial charge in [-0.05, 0) is 24.3 Å². The van der Waals surface area contributed by atoms with Crippen LogP contribution < -0.4 is 0 Å². The van der Waals surface area contributed by atoms with Crippen LogP contribution in [0.1, 0.15) is 17.7 Å². The molecule has 0 bridgehead atoms. The molecule has 1 aromatic heterocycles. The highest BCUT2D eigenvalue weighted by atomic mass is 32.1. The van der Waals surface area contributed by atoms with E-state index in [4.69, 9.17) is 4.74 Å². The summed E-state index contributed by atoms with van der Waals surface area (Å²) < 4.78 is 4.82. The number of aliphatic hydroxyl groups excluding tert-OH is 1. The highest BCUT2D eigenvalue weighted by Crippen LogP contribution is 2.31. The molecule has 1 saturated heterocycles. The van der Waals surface area contributed by atoms with E-state index in [0.29, 0.717) is 6.42 Å². The van der Waals surface area contributed by atoms with Gasteiger partial charge in [-0.1, -0.05) is 6.07 Å². The first-order chi connectivity index (χ1) is 10.7. The van der Waals surface area contributed by atoms with Crippen molar-refractivity contribution in [1.82, 2.24) is 9.80 Å². The van der Waals surface area contributed by atoms with Crippen LogP contribution in [0.2, 0.25) is 0 Å². The molecule has 5 nitrogen and oxygen atoms in total. The van der Waals surface area contributed by atoms with E-state index in [2.05, 4.69) is 27.3 Å². The summed E-state index contributed by atoms with van der Waals surface area (Å²) in [5.41, 5.74) is 0. The highest BCUT2D eigenvalue weighted by molar-refractivity contribution is 7.09. The van der Waals surface area contributed by atoms with E-state index in [1.54, 1.807) is 11.3 Å². The van der Waals surface area contributed by atoms with Gasteiger partial charge in [0.25, 0.3) is 0 Å². The van der Waals surface area contributed by atoms with Gasteiger partial charge in [0.15, 0.2) is 0 Å². The maximum Gasteiger partial charge on any atom is 0.308 e. The zero-order valence-corrected chi connectivity index (χ0v) is 13.8. The molecule has 3 rings (SSSR count). The van der Waals surface area contributed by atoms with Gasteiger partial charge in [0.05, 0.1) is 19.1 Å². The summed E-state index contributed by atoms with van der Waals surface area (Å²) in [6, 6.07) is 4.38. The van der Waals surface area contributed by atoms with Crippen LogP contribution in [0, 0.1) is 5.92 Å². The standard InChI is InChI=1S/C16H24N2O3S/c1-21-16(20)12-9-14(15(19)10-12)18-6-4-17(5-7-18)11-13-3-2-8-22-13/h2-3,8,12,14-15,19H,4-7,9-11H2,1H3. The van der Waals surface area contributed by atoms with Gasteiger partial charge < -0.3 is 9.84 Å². The van der Waals surface area contributed by atoms with E-state index < -0.39 is 6.10 Å². The second-order valence-electron chi connectivity index (χ2n) is 6.22. The van der Waals surface area contributed by atoms with E-state index >= 15 is 0 Å². The Kier molecular flexibility index (Phi) is 5.13. The Morgan fingerprint density at radius 1 is 1.36 bits per heavy atom. The minimum Gasteiger partial charge on any atom is -0.469 e. The van der Waals surface area contributed by atoms with Crippen LogP contribution in [-0.2, 0) is 16.1 Å². The van der Waals surface area contributed by atoms with E-state index in [1.165, 1.54) is 12.0 Å². The summed E-state index contributed by atoms with van der Waals surface area (Å²) >= 11 is 1.80. The Labute approximate surface area is 135 Å². The van der Waals surface area contributed by atoms with Crippen molar-refractivity contribution in [3.8, 4) is 0 Å². The van der Waals surface area contributed by atoms with E-state index in [9.17, 15) is 9.90 Å². The van der Waals surface area contributed by atoms with Gasteiger partial charge in [0.1, 0.15) is 0 Å². The van der Waals surface area contributed by atoms with Crippen LogP contribution in [-0.4, -0.2) is 66.3 Å². The van der Waals surface area contributed by atoms with Crippen LogP contribution >= 0.6 is 11.3 Å². The predicted molar refractivity (Wildman–Crippen MR) is 85.7 cm³/mol. The number of nitrogens with zero attached hydrogens (tertiary/aromatic N) is 2. The molecule has 2 fully saturated rings. The first-order valence-corrected chi connectivity index (χ1v) is 8.80. The molecule has 0 amide bonds. The van der Waals surface area contributed by atoms with Gasteiger partial charge >= 0.3 is 5.97 Å². The predicted octanol–water partition coefficient (Wildman–Crippen LogP) is 1.18. The zero-order valence-electron chi connectivity index (χ0n) is 13.0. The quantitative estimate of drug-likeness (QED) is 0.843. The molecule has 1 N–H and O–H groups in total. The Morgan fingerprint density at radius 2 is 2.14 bits per heavy atom.